The number of aliphatic hydroxyl groups is 1. The quantitative estimate of drug-likeness (QED) is 0.867. The molecule has 0 aromatic carbocycles. The molecule has 2 aromatic heterocycles. The molecule has 0 bridgehead atoms. The highest BCUT2D eigenvalue weighted by molar-refractivity contribution is 5.94. The Morgan fingerprint density at radius 2 is 2.18 bits per heavy atom. The van der Waals surface area contributed by atoms with Gasteiger partial charge in [0.1, 0.15) is 11.2 Å². The van der Waals surface area contributed by atoms with Gasteiger partial charge in [0.05, 0.1) is 12.6 Å². The van der Waals surface area contributed by atoms with E-state index in [1.807, 2.05) is 26.8 Å². The van der Waals surface area contributed by atoms with Crippen LogP contribution >= 0.6 is 0 Å². The lowest BCUT2D eigenvalue weighted by Gasteiger charge is -2.18. The van der Waals surface area contributed by atoms with Gasteiger partial charge in [-0.15, -0.1) is 0 Å². The first kappa shape index (κ1) is 16.2. The zero-order chi connectivity index (χ0) is 16.3. The number of aromatic nitrogens is 2. The van der Waals surface area contributed by atoms with Crippen molar-refractivity contribution in [3.63, 3.8) is 0 Å². The van der Waals surface area contributed by atoms with Gasteiger partial charge in [-0.1, -0.05) is 19.9 Å². The maximum absolute atomic E-state index is 12.4. The highest BCUT2D eigenvalue weighted by Crippen LogP contribution is 2.07. The second-order valence-electron chi connectivity index (χ2n) is 5.84. The summed E-state index contributed by atoms with van der Waals surface area (Å²) in [6, 6.07) is 3.22. The van der Waals surface area contributed by atoms with E-state index in [9.17, 15) is 14.7 Å². The van der Waals surface area contributed by atoms with Crippen molar-refractivity contribution in [1.29, 1.82) is 0 Å². The van der Waals surface area contributed by atoms with Gasteiger partial charge in [-0.25, -0.2) is 4.98 Å². The van der Waals surface area contributed by atoms with E-state index in [1.54, 1.807) is 12.3 Å². The van der Waals surface area contributed by atoms with Crippen molar-refractivity contribution in [2.45, 2.75) is 33.2 Å². The summed E-state index contributed by atoms with van der Waals surface area (Å²) in [4.78, 5) is 28.9. The Balaban J connectivity index is 2.33. The third kappa shape index (κ3) is 3.33. The van der Waals surface area contributed by atoms with Crippen LogP contribution in [-0.2, 0) is 0 Å². The van der Waals surface area contributed by atoms with Crippen LogP contribution in [0.25, 0.3) is 5.65 Å². The lowest BCUT2D eigenvalue weighted by molar-refractivity contribution is 0.0906. The number of hydrogen-bond donors (Lipinski definition) is 2. The fourth-order valence-corrected chi connectivity index (χ4v) is 2.41. The number of aliphatic hydroxyl groups excluding tert-OH is 1. The van der Waals surface area contributed by atoms with Crippen LogP contribution in [-0.4, -0.2) is 33.0 Å². The molecule has 2 heterocycles. The molecule has 1 amide bonds. The molecule has 2 aromatic rings. The molecule has 6 nitrogen and oxygen atoms in total. The van der Waals surface area contributed by atoms with Crippen molar-refractivity contribution in [3.05, 3.63) is 46.0 Å². The number of carbonyl (C=O) groups excluding carboxylic acids is 1. The Labute approximate surface area is 128 Å². The molecular weight excluding hydrogens is 282 g/mol. The van der Waals surface area contributed by atoms with Crippen LogP contribution in [0.3, 0.4) is 0 Å². The van der Waals surface area contributed by atoms with E-state index in [4.69, 9.17) is 0 Å². The summed E-state index contributed by atoms with van der Waals surface area (Å²) in [5, 5.41) is 12.0. The van der Waals surface area contributed by atoms with Crippen LogP contribution in [0.1, 0.15) is 36.2 Å². The van der Waals surface area contributed by atoms with Gasteiger partial charge in [0, 0.05) is 12.4 Å². The average Bonchev–Trinajstić information content (AvgIpc) is 2.47. The number of aryl methyl sites for hydroxylation is 1. The standard InChI is InChI=1S/C16H21N3O3/c1-10(2)7-12(9-20)18-15(21)13-8-17-14-11(3)5-4-6-19(14)16(13)22/h4-6,8,10,12,20H,7,9H2,1-3H3,(H,18,21). The summed E-state index contributed by atoms with van der Waals surface area (Å²) in [5.74, 6) is -0.177. The minimum absolute atomic E-state index is 0.0229. The first-order valence-electron chi connectivity index (χ1n) is 7.32. The number of fused-ring (bicyclic) bond motifs is 1. The number of rotatable bonds is 5. The predicted octanol–water partition coefficient (Wildman–Crippen LogP) is 1.14. The summed E-state index contributed by atoms with van der Waals surface area (Å²) in [7, 11) is 0. The van der Waals surface area contributed by atoms with Crippen molar-refractivity contribution in [2.75, 3.05) is 6.61 Å². The Morgan fingerprint density at radius 3 is 2.82 bits per heavy atom. The van der Waals surface area contributed by atoms with E-state index in [2.05, 4.69) is 10.3 Å². The molecule has 0 saturated heterocycles. The van der Waals surface area contributed by atoms with Crippen LogP contribution in [0.4, 0.5) is 0 Å². The molecule has 1 atom stereocenters. The van der Waals surface area contributed by atoms with Crippen LogP contribution in [0.2, 0.25) is 0 Å². The van der Waals surface area contributed by atoms with Gasteiger partial charge in [-0.3, -0.25) is 14.0 Å². The minimum Gasteiger partial charge on any atom is -0.394 e. The van der Waals surface area contributed by atoms with Gasteiger partial charge in [0.25, 0.3) is 11.5 Å². The summed E-state index contributed by atoms with van der Waals surface area (Å²) in [6.45, 7) is 5.70. The van der Waals surface area contributed by atoms with E-state index < -0.39 is 11.5 Å². The fourth-order valence-electron chi connectivity index (χ4n) is 2.41. The Kier molecular flexibility index (Phi) is 4.92. The number of carbonyl (C=O) groups is 1. The van der Waals surface area contributed by atoms with E-state index in [-0.39, 0.29) is 18.2 Å². The molecule has 2 N–H and O–H groups in total. The van der Waals surface area contributed by atoms with Crippen LogP contribution < -0.4 is 10.9 Å². The van der Waals surface area contributed by atoms with Crippen LogP contribution in [0, 0.1) is 12.8 Å². The smallest absolute Gasteiger partial charge is 0.270 e. The zero-order valence-electron chi connectivity index (χ0n) is 13.0. The number of hydrogen-bond acceptors (Lipinski definition) is 4. The molecule has 0 spiro atoms. The number of pyridine rings is 1. The van der Waals surface area contributed by atoms with Gasteiger partial charge in [0.2, 0.25) is 0 Å². The molecule has 0 radical (unpaired) electrons. The van der Waals surface area contributed by atoms with E-state index in [0.717, 1.165) is 5.56 Å². The Bertz CT molecular complexity index is 737. The number of amides is 1. The highest BCUT2D eigenvalue weighted by Gasteiger charge is 2.18. The average molecular weight is 303 g/mol. The third-order valence-electron chi connectivity index (χ3n) is 3.48. The molecule has 0 saturated carbocycles. The van der Waals surface area contributed by atoms with Gasteiger partial charge < -0.3 is 10.4 Å². The second kappa shape index (κ2) is 6.70. The van der Waals surface area contributed by atoms with Gasteiger partial charge in [-0.05, 0) is 30.9 Å². The summed E-state index contributed by atoms with van der Waals surface area (Å²) >= 11 is 0. The maximum Gasteiger partial charge on any atom is 0.270 e. The number of nitrogens with one attached hydrogen (secondary N) is 1. The third-order valence-corrected chi connectivity index (χ3v) is 3.48. The van der Waals surface area contributed by atoms with Crippen molar-refractivity contribution >= 4 is 11.6 Å². The molecule has 22 heavy (non-hydrogen) atoms. The molecule has 1 unspecified atom stereocenters. The van der Waals surface area contributed by atoms with Crippen molar-refractivity contribution < 1.29 is 9.90 Å². The summed E-state index contributed by atoms with van der Waals surface area (Å²) in [5.41, 5.74) is 0.960. The molecule has 0 aliphatic carbocycles. The van der Waals surface area contributed by atoms with Crippen molar-refractivity contribution in [1.82, 2.24) is 14.7 Å². The first-order chi connectivity index (χ1) is 10.4. The predicted molar refractivity (Wildman–Crippen MR) is 84.0 cm³/mol. The maximum atomic E-state index is 12.4. The normalized spacial score (nSPS) is 12.6. The molecule has 6 heteroatoms. The van der Waals surface area contributed by atoms with E-state index in [1.165, 1.54) is 10.6 Å². The molecule has 2 rings (SSSR count). The molecule has 0 aliphatic rings. The van der Waals surface area contributed by atoms with Gasteiger partial charge >= 0.3 is 0 Å². The molecular formula is C16H21N3O3. The van der Waals surface area contributed by atoms with E-state index >= 15 is 0 Å². The lowest BCUT2D eigenvalue weighted by Crippen LogP contribution is -2.41. The van der Waals surface area contributed by atoms with Crippen LogP contribution in [0.15, 0.2) is 29.3 Å². The first-order valence-corrected chi connectivity index (χ1v) is 7.32. The summed E-state index contributed by atoms with van der Waals surface area (Å²) < 4.78 is 1.36. The minimum atomic E-state index is -0.506. The largest absolute Gasteiger partial charge is 0.394 e. The van der Waals surface area contributed by atoms with Crippen LogP contribution in [0.5, 0.6) is 0 Å². The zero-order valence-corrected chi connectivity index (χ0v) is 13.0. The summed E-state index contributed by atoms with van der Waals surface area (Å²) in [6.07, 6.45) is 3.53. The molecule has 0 fully saturated rings. The monoisotopic (exact) mass is 303 g/mol. The van der Waals surface area contributed by atoms with Gasteiger partial charge in [0.15, 0.2) is 0 Å². The van der Waals surface area contributed by atoms with E-state index in [0.29, 0.717) is 18.0 Å². The second-order valence-corrected chi connectivity index (χ2v) is 5.84. The van der Waals surface area contributed by atoms with Crippen molar-refractivity contribution in [3.8, 4) is 0 Å². The van der Waals surface area contributed by atoms with Gasteiger partial charge in [-0.2, -0.15) is 0 Å². The van der Waals surface area contributed by atoms with Crippen molar-refractivity contribution in [2.24, 2.45) is 5.92 Å². The SMILES string of the molecule is Cc1cccn2c(=O)c(C(=O)NC(CO)CC(C)C)cnc12. The molecule has 118 valence electrons. The highest BCUT2D eigenvalue weighted by atomic mass is 16.3. The Morgan fingerprint density at radius 1 is 1.45 bits per heavy atom. The number of nitrogens with zero attached hydrogens (tertiary/aromatic N) is 2. The molecule has 0 aliphatic heterocycles. The fraction of sp³-hybridized carbons (Fsp3) is 0.438. The topological polar surface area (TPSA) is 83.7 Å². The Hall–Kier alpha value is -2.21. The lowest BCUT2D eigenvalue weighted by atomic mass is 10.0.